The summed E-state index contributed by atoms with van der Waals surface area (Å²) >= 11 is 0. The lowest BCUT2D eigenvalue weighted by molar-refractivity contribution is 0.578. The van der Waals surface area contributed by atoms with Gasteiger partial charge in [-0.25, -0.2) is 8.78 Å². The molecule has 3 heteroatoms. The maximum absolute atomic E-state index is 13.7. The van der Waals surface area contributed by atoms with E-state index in [4.69, 9.17) is 5.73 Å². The second kappa shape index (κ2) is 5.49. The van der Waals surface area contributed by atoms with Gasteiger partial charge in [-0.1, -0.05) is 23.8 Å². The Morgan fingerprint density at radius 1 is 1.05 bits per heavy atom. The summed E-state index contributed by atoms with van der Waals surface area (Å²) in [6, 6.07) is 9.06. The number of rotatable bonds is 3. The van der Waals surface area contributed by atoms with Crippen LogP contribution in [0.15, 0.2) is 36.4 Å². The van der Waals surface area contributed by atoms with Crippen LogP contribution in [0.3, 0.4) is 0 Å². The molecule has 1 nitrogen and oxygen atoms in total. The number of hydrogen-bond donors (Lipinski definition) is 1. The Morgan fingerprint density at radius 3 is 2.47 bits per heavy atom. The summed E-state index contributed by atoms with van der Waals surface area (Å²) in [4.78, 5) is 0. The highest BCUT2D eigenvalue weighted by atomic mass is 19.1. The van der Waals surface area contributed by atoms with E-state index in [1.165, 1.54) is 18.2 Å². The van der Waals surface area contributed by atoms with Gasteiger partial charge >= 0.3 is 0 Å². The molecule has 19 heavy (non-hydrogen) atoms. The molecule has 2 aromatic rings. The van der Waals surface area contributed by atoms with Gasteiger partial charge in [0.05, 0.1) is 0 Å². The van der Waals surface area contributed by atoms with Gasteiger partial charge in [0.15, 0.2) is 0 Å². The molecule has 100 valence electrons. The number of aryl methyl sites for hydroxylation is 2. The normalized spacial score (nSPS) is 12.5. The van der Waals surface area contributed by atoms with Gasteiger partial charge in [0.25, 0.3) is 0 Å². The van der Waals surface area contributed by atoms with E-state index in [0.717, 1.165) is 16.7 Å². The van der Waals surface area contributed by atoms with E-state index in [1.54, 1.807) is 18.2 Å². The van der Waals surface area contributed by atoms with Crippen molar-refractivity contribution in [1.82, 2.24) is 0 Å². The monoisotopic (exact) mass is 261 g/mol. The molecule has 0 aromatic heterocycles. The lowest BCUT2D eigenvalue weighted by Gasteiger charge is -2.15. The summed E-state index contributed by atoms with van der Waals surface area (Å²) in [7, 11) is 0. The van der Waals surface area contributed by atoms with Crippen LogP contribution in [-0.2, 0) is 6.42 Å². The molecule has 1 atom stereocenters. The van der Waals surface area contributed by atoms with Gasteiger partial charge < -0.3 is 5.73 Å². The molecule has 0 aliphatic carbocycles. The van der Waals surface area contributed by atoms with E-state index in [1.807, 2.05) is 13.8 Å². The Labute approximate surface area is 112 Å². The van der Waals surface area contributed by atoms with Crippen molar-refractivity contribution in [1.29, 1.82) is 0 Å². The van der Waals surface area contributed by atoms with Crippen molar-refractivity contribution in [2.75, 3.05) is 0 Å². The van der Waals surface area contributed by atoms with E-state index in [9.17, 15) is 8.78 Å². The van der Waals surface area contributed by atoms with Crippen LogP contribution in [-0.4, -0.2) is 0 Å². The van der Waals surface area contributed by atoms with Crippen LogP contribution in [0, 0.1) is 25.5 Å². The second-order valence-electron chi connectivity index (χ2n) is 4.91. The fourth-order valence-electron chi connectivity index (χ4n) is 2.18. The Bertz CT molecular complexity index is 593. The van der Waals surface area contributed by atoms with Crippen molar-refractivity contribution >= 4 is 0 Å². The number of benzene rings is 2. The van der Waals surface area contributed by atoms with Crippen LogP contribution >= 0.6 is 0 Å². The minimum atomic E-state index is -0.427. The molecular weight excluding hydrogens is 244 g/mol. The Morgan fingerprint density at radius 2 is 1.79 bits per heavy atom. The van der Waals surface area contributed by atoms with E-state index in [2.05, 4.69) is 0 Å². The van der Waals surface area contributed by atoms with E-state index in [0.29, 0.717) is 12.0 Å². The second-order valence-corrected chi connectivity index (χ2v) is 4.91. The first-order chi connectivity index (χ1) is 8.97. The number of halogens is 2. The third-order valence-corrected chi connectivity index (χ3v) is 3.30. The zero-order chi connectivity index (χ0) is 14.0. The zero-order valence-corrected chi connectivity index (χ0v) is 11.1. The quantitative estimate of drug-likeness (QED) is 0.893. The van der Waals surface area contributed by atoms with Gasteiger partial charge in [0, 0.05) is 11.6 Å². The van der Waals surface area contributed by atoms with Crippen molar-refractivity contribution in [2.45, 2.75) is 26.3 Å². The number of nitrogens with two attached hydrogens (primary N) is 1. The highest BCUT2D eigenvalue weighted by Crippen LogP contribution is 2.22. The largest absolute Gasteiger partial charge is 0.324 e. The molecule has 0 bridgehead atoms. The average molecular weight is 261 g/mol. The predicted octanol–water partition coefficient (Wildman–Crippen LogP) is 3.82. The van der Waals surface area contributed by atoms with Crippen molar-refractivity contribution in [3.8, 4) is 0 Å². The van der Waals surface area contributed by atoms with Gasteiger partial charge in [-0.2, -0.15) is 0 Å². The van der Waals surface area contributed by atoms with Gasteiger partial charge in [-0.15, -0.1) is 0 Å². The summed E-state index contributed by atoms with van der Waals surface area (Å²) in [5.41, 5.74) is 9.32. The maximum Gasteiger partial charge on any atom is 0.128 e. The summed E-state index contributed by atoms with van der Waals surface area (Å²) in [5.74, 6) is -0.561. The highest BCUT2D eigenvalue weighted by Gasteiger charge is 2.13. The molecule has 0 saturated heterocycles. The first-order valence-corrected chi connectivity index (χ1v) is 6.24. The molecule has 0 spiro atoms. The van der Waals surface area contributed by atoms with Gasteiger partial charge in [0.1, 0.15) is 11.6 Å². The van der Waals surface area contributed by atoms with Crippen molar-refractivity contribution < 1.29 is 8.78 Å². The summed E-state index contributed by atoms with van der Waals surface area (Å²) in [5, 5.41) is 0. The van der Waals surface area contributed by atoms with Gasteiger partial charge in [-0.05, 0) is 49.6 Å². The number of hydrogen-bond acceptors (Lipinski definition) is 1. The highest BCUT2D eigenvalue weighted by molar-refractivity contribution is 5.31. The lowest BCUT2D eigenvalue weighted by Crippen LogP contribution is -2.16. The Balaban J connectivity index is 2.25. The zero-order valence-electron chi connectivity index (χ0n) is 11.1. The molecule has 0 saturated carbocycles. The molecule has 1 unspecified atom stereocenters. The first kappa shape index (κ1) is 13.7. The molecule has 2 aromatic carbocycles. The maximum atomic E-state index is 13.7. The predicted molar refractivity (Wildman–Crippen MR) is 72.9 cm³/mol. The molecule has 0 amide bonds. The van der Waals surface area contributed by atoms with Crippen LogP contribution in [0.5, 0.6) is 0 Å². The lowest BCUT2D eigenvalue weighted by atomic mass is 9.95. The summed E-state index contributed by atoms with van der Waals surface area (Å²) in [6.45, 7) is 3.73. The third kappa shape index (κ3) is 3.18. The average Bonchev–Trinajstić information content (AvgIpc) is 2.35. The molecule has 0 heterocycles. The van der Waals surface area contributed by atoms with Crippen molar-refractivity contribution in [3.63, 3.8) is 0 Å². The fraction of sp³-hybridized carbons (Fsp3) is 0.250. The standard InChI is InChI=1S/C16H17F2N/c1-10-3-6-15(18)14(7-10)16(19)9-12-4-5-13(17)8-11(12)2/h3-8,16H,9,19H2,1-2H3. The van der Waals surface area contributed by atoms with E-state index >= 15 is 0 Å². The topological polar surface area (TPSA) is 26.0 Å². The molecular formula is C16H17F2N. The molecule has 2 rings (SSSR count). The van der Waals surface area contributed by atoms with Crippen LogP contribution in [0.2, 0.25) is 0 Å². The van der Waals surface area contributed by atoms with Crippen LogP contribution in [0.25, 0.3) is 0 Å². The minimum absolute atomic E-state index is 0.267. The van der Waals surface area contributed by atoms with Gasteiger partial charge in [-0.3, -0.25) is 0 Å². The first-order valence-electron chi connectivity index (χ1n) is 6.24. The van der Waals surface area contributed by atoms with Crippen LogP contribution in [0.4, 0.5) is 8.78 Å². The SMILES string of the molecule is Cc1ccc(F)c(C(N)Cc2ccc(F)cc2C)c1. The molecule has 0 fully saturated rings. The molecule has 2 N–H and O–H groups in total. The van der Waals surface area contributed by atoms with Gasteiger partial charge in [0.2, 0.25) is 0 Å². The summed E-state index contributed by atoms with van der Waals surface area (Å²) < 4.78 is 26.8. The fourth-order valence-corrected chi connectivity index (χ4v) is 2.18. The Kier molecular flexibility index (Phi) is 3.96. The summed E-state index contributed by atoms with van der Waals surface area (Å²) in [6.07, 6.45) is 0.493. The minimum Gasteiger partial charge on any atom is -0.324 e. The van der Waals surface area contributed by atoms with Crippen LogP contribution < -0.4 is 5.73 Å². The molecule has 0 aliphatic rings. The van der Waals surface area contributed by atoms with Crippen LogP contribution in [0.1, 0.15) is 28.3 Å². The van der Waals surface area contributed by atoms with Crippen molar-refractivity contribution in [2.24, 2.45) is 5.73 Å². The Hall–Kier alpha value is -1.74. The smallest absolute Gasteiger partial charge is 0.128 e. The van der Waals surface area contributed by atoms with E-state index in [-0.39, 0.29) is 11.6 Å². The van der Waals surface area contributed by atoms with Crippen molar-refractivity contribution in [3.05, 3.63) is 70.3 Å². The molecule has 0 aliphatic heterocycles. The van der Waals surface area contributed by atoms with E-state index < -0.39 is 6.04 Å². The molecule has 0 radical (unpaired) electrons. The third-order valence-electron chi connectivity index (χ3n) is 3.30.